The molecule has 68 valence electrons. The third-order valence-corrected chi connectivity index (χ3v) is 2.61. The number of hydrogen-bond acceptors (Lipinski definition) is 2. The maximum absolute atomic E-state index is 11.2. The summed E-state index contributed by atoms with van der Waals surface area (Å²) in [6.45, 7) is 4.16. The molecule has 0 heterocycles. The summed E-state index contributed by atoms with van der Waals surface area (Å²) in [6, 6.07) is 0. The van der Waals surface area contributed by atoms with E-state index in [0.717, 1.165) is 0 Å². The monoisotopic (exact) mass is 168 g/mol. The molecule has 0 spiro atoms. The summed E-state index contributed by atoms with van der Waals surface area (Å²) in [5.74, 6) is 1.28. The van der Waals surface area contributed by atoms with Gasteiger partial charge in [0, 0.05) is 25.7 Å². The van der Waals surface area contributed by atoms with Crippen molar-refractivity contribution < 1.29 is 9.59 Å². The van der Waals surface area contributed by atoms with Crippen molar-refractivity contribution in [3.8, 4) is 0 Å². The van der Waals surface area contributed by atoms with Gasteiger partial charge in [-0.1, -0.05) is 13.8 Å². The lowest BCUT2D eigenvalue weighted by Crippen LogP contribution is -2.13. The topological polar surface area (TPSA) is 34.1 Å². The predicted molar refractivity (Wildman–Crippen MR) is 46.8 cm³/mol. The quantitative estimate of drug-likeness (QED) is 0.561. The Balaban J connectivity index is 2.61. The van der Waals surface area contributed by atoms with Gasteiger partial charge in [-0.25, -0.2) is 0 Å². The van der Waals surface area contributed by atoms with Crippen molar-refractivity contribution in [2.45, 2.75) is 39.5 Å². The Morgan fingerprint density at radius 2 is 1.50 bits per heavy atom. The zero-order valence-corrected chi connectivity index (χ0v) is 7.80. The van der Waals surface area contributed by atoms with Crippen LogP contribution < -0.4 is 0 Å². The molecule has 1 rings (SSSR count). The Kier molecular flexibility index (Phi) is 3.01. The van der Waals surface area contributed by atoms with Gasteiger partial charge in [-0.2, -0.15) is 0 Å². The van der Waals surface area contributed by atoms with E-state index in [1.54, 1.807) is 0 Å². The SMILES string of the molecule is CC(C)C1CC(=O)CCC(=O)C1. The normalized spacial score (nSPS) is 21.6. The summed E-state index contributed by atoms with van der Waals surface area (Å²) in [5.41, 5.74) is 0. The van der Waals surface area contributed by atoms with Gasteiger partial charge in [0.1, 0.15) is 11.6 Å². The van der Waals surface area contributed by atoms with Crippen LogP contribution in [0.1, 0.15) is 39.5 Å². The maximum Gasteiger partial charge on any atom is 0.133 e. The molecule has 1 saturated carbocycles. The van der Waals surface area contributed by atoms with Crippen LogP contribution in [0, 0.1) is 11.8 Å². The Morgan fingerprint density at radius 3 is 1.83 bits per heavy atom. The fraction of sp³-hybridized carbons (Fsp3) is 0.800. The van der Waals surface area contributed by atoms with Crippen LogP contribution in [0.3, 0.4) is 0 Å². The van der Waals surface area contributed by atoms with E-state index in [1.807, 2.05) is 0 Å². The van der Waals surface area contributed by atoms with E-state index in [4.69, 9.17) is 0 Å². The van der Waals surface area contributed by atoms with Gasteiger partial charge in [-0.3, -0.25) is 9.59 Å². The lowest BCUT2D eigenvalue weighted by atomic mass is 9.88. The van der Waals surface area contributed by atoms with E-state index < -0.39 is 0 Å². The molecule has 0 atom stereocenters. The standard InChI is InChI=1S/C10H16O2/c1-7(2)8-5-9(11)3-4-10(12)6-8/h7-8H,3-6H2,1-2H3. The third-order valence-electron chi connectivity index (χ3n) is 2.61. The van der Waals surface area contributed by atoms with Gasteiger partial charge in [-0.15, -0.1) is 0 Å². The maximum atomic E-state index is 11.2. The van der Waals surface area contributed by atoms with Crippen LogP contribution in [-0.4, -0.2) is 11.6 Å². The summed E-state index contributed by atoms with van der Waals surface area (Å²) in [4.78, 5) is 22.4. The fourth-order valence-electron chi connectivity index (χ4n) is 1.61. The highest BCUT2D eigenvalue weighted by molar-refractivity contribution is 5.88. The molecule has 2 nitrogen and oxygen atoms in total. The van der Waals surface area contributed by atoms with Crippen molar-refractivity contribution in [3.63, 3.8) is 0 Å². The van der Waals surface area contributed by atoms with Crippen molar-refractivity contribution in [3.05, 3.63) is 0 Å². The van der Waals surface area contributed by atoms with Crippen LogP contribution in [0.15, 0.2) is 0 Å². The summed E-state index contributed by atoms with van der Waals surface area (Å²) in [6.07, 6.45) is 2.18. The van der Waals surface area contributed by atoms with E-state index in [2.05, 4.69) is 13.8 Å². The smallest absolute Gasteiger partial charge is 0.133 e. The molecule has 12 heavy (non-hydrogen) atoms. The first-order chi connectivity index (χ1) is 5.59. The van der Waals surface area contributed by atoms with Gasteiger partial charge in [0.05, 0.1) is 0 Å². The van der Waals surface area contributed by atoms with Crippen molar-refractivity contribution in [1.82, 2.24) is 0 Å². The van der Waals surface area contributed by atoms with Crippen LogP contribution in [0.2, 0.25) is 0 Å². The van der Waals surface area contributed by atoms with Crippen molar-refractivity contribution in [1.29, 1.82) is 0 Å². The number of hydrogen-bond donors (Lipinski definition) is 0. The first-order valence-electron chi connectivity index (χ1n) is 4.63. The molecule has 0 radical (unpaired) electrons. The first kappa shape index (κ1) is 9.43. The van der Waals surface area contributed by atoms with Gasteiger partial charge >= 0.3 is 0 Å². The van der Waals surface area contributed by atoms with E-state index >= 15 is 0 Å². The molecule has 0 amide bonds. The Morgan fingerprint density at radius 1 is 1.08 bits per heavy atom. The summed E-state index contributed by atoms with van der Waals surface area (Å²) < 4.78 is 0. The zero-order chi connectivity index (χ0) is 9.14. The first-order valence-corrected chi connectivity index (χ1v) is 4.63. The molecule has 1 aliphatic rings. The second kappa shape index (κ2) is 3.83. The van der Waals surface area contributed by atoms with Crippen LogP contribution in [0.25, 0.3) is 0 Å². The van der Waals surface area contributed by atoms with Crippen LogP contribution in [0.4, 0.5) is 0 Å². The molecule has 2 heteroatoms. The minimum absolute atomic E-state index is 0.263. The molecule has 0 N–H and O–H groups in total. The number of ketones is 2. The highest BCUT2D eigenvalue weighted by Gasteiger charge is 2.24. The molecule has 0 bridgehead atoms. The molecular formula is C10H16O2. The Hall–Kier alpha value is -0.660. The lowest BCUT2D eigenvalue weighted by molar-refractivity contribution is -0.122. The molecule has 0 saturated heterocycles. The largest absolute Gasteiger partial charge is 0.300 e. The van der Waals surface area contributed by atoms with Crippen LogP contribution in [-0.2, 0) is 9.59 Å². The highest BCUT2D eigenvalue weighted by Crippen LogP contribution is 2.24. The average molecular weight is 168 g/mol. The average Bonchev–Trinajstić information content (AvgIpc) is 2.13. The zero-order valence-electron chi connectivity index (χ0n) is 7.80. The van der Waals surface area contributed by atoms with Gasteiger partial charge in [0.15, 0.2) is 0 Å². The molecular weight excluding hydrogens is 152 g/mol. The Labute approximate surface area is 73.3 Å². The second-order valence-corrected chi connectivity index (χ2v) is 3.99. The molecule has 0 aromatic heterocycles. The molecule has 0 aromatic rings. The molecule has 1 fully saturated rings. The number of rotatable bonds is 1. The van der Waals surface area contributed by atoms with Crippen LogP contribution in [0.5, 0.6) is 0 Å². The third kappa shape index (κ3) is 2.43. The van der Waals surface area contributed by atoms with Gasteiger partial charge in [0.25, 0.3) is 0 Å². The van der Waals surface area contributed by atoms with Crippen molar-refractivity contribution >= 4 is 11.6 Å². The highest BCUT2D eigenvalue weighted by atomic mass is 16.1. The van der Waals surface area contributed by atoms with E-state index in [1.165, 1.54) is 0 Å². The van der Waals surface area contributed by atoms with Crippen molar-refractivity contribution in [2.75, 3.05) is 0 Å². The van der Waals surface area contributed by atoms with Gasteiger partial charge < -0.3 is 0 Å². The minimum atomic E-state index is 0.263. The molecule has 0 aromatic carbocycles. The molecule has 0 unspecified atom stereocenters. The lowest BCUT2D eigenvalue weighted by Gasteiger charge is -2.15. The number of carbonyl (C=O) groups is 2. The summed E-state index contributed by atoms with van der Waals surface area (Å²) >= 11 is 0. The predicted octanol–water partition coefficient (Wildman–Crippen LogP) is 1.97. The molecule has 1 aliphatic carbocycles. The van der Waals surface area contributed by atoms with E-state index in [-0.39, 0.29) is 11.6 Å². The summed E-state index contributed by atoms with van der Waals surface area (Å²) in [5, 5.41) is 0. The molecule has 0 aliphatic heterocycles. The number of Topliss-reactive ketones (excluding diaryl/α,β-unsaturated/α-hetero) is 2. The minimum Gasteiger partial charge on any atom is -0.300 e. The van der Waals surface area contributed by atoms with E-state index in [9.17, 15) is 9.59 Å². The second-order valence-electron chi connectivity index (χ2n) is 3.99. The summed E-state index contributed by atoms with van der Waals surface area (Å²) in [7, 11) is 0. The van der Waals surface area contributed by atoms with E-state index in [0.29, 0.717) is 37.5 Å². The Bertz CT molecular complexity index is 176. The van der Waals surface area contributed by atoms with Gasteiger partial charge in [0.2, 0.25) is 0 Å². The van der Waals surface area contributed by atoms with Gasteiger partial charge in [-0.05, 0) is 11.8 Å². The number of carbonyl (C=O) groups excluding carboxylic acids is 2. The van der Waals surface area contributed by atoms with Crippen LogP contribution >= 0.6 is 0 Å². The fourth-order valence-corrected chi connectivity index (χ4v) is 1.61. The van der Waals surface area contributed by atoms with Crippen molar-refractivity contribution in [2.24, 2.45) is 11.8 Å².